The number of hydrogen-bond acceptors (Lipinski definition) is 6. The van der Waals surface area contributed by atoms with E-state index >= 15 is 0 Å². The van der Waals surface area contributed by atoms with Gasteiger partial charge >= 0.3 is 0 Å². The molecular weight excluding hydrogens is 350 g/mol. The van der Waals surface area contributed by atoms with E-state index < -0.39 is 0 Å². The van der Waals surface area contributed by atoms with E-state index in [1.165, 1.54) is 18.3 Å². The Hall–Kier alpha value is -1.67. The normalized spacial score (nSPS) is 10.8. The van der Waals surface area contributed by atoms with E-state index in [1.807, 2.05) is 12.1 Å². The number of nitrogens with one attached hydrogen (secondary N) is 3. The zero-order valence-corrected chi connectivity index (χ0v) is 15.1. The average molecular weight is 370 g/mol. The van der Waals surface area contributed by atoms with Crippen molar-refractivity contribution in [3.8, 4) is 0 Å². The molecule has 24 heavy (non-hydrogen) atoms. The van der Waals surface area contributed by atoms with Crippen LogP contribution in [0.5, 0.6) is 0 Å². The molecule has 1 aromatic carbocycles. The summed E-state index contributed by atoms with van der Waals surface area (Å²) in [7, 11) is 0. The molecule has 4 N–H and O–H groups in total. The number of carbonyl (C=O) groups is 1. The maximum atomic E-state index is 11.5. The molecule has 8 heteroatoms. The second kappa shape index (κ2) is 8.43. The van der Waals surface area contributed by atoms with Crippen LogP contribution in [0, 0.1) is 5.41 Å². The summed E-state index contributed by atoms with van der Waals surface area (Å²) in [5.74, 6) is -0.206. The number of amides is 1. The number of ether oxygens (including phenoxy) is 1. The van der Waals surface area contributed by atoms with Gasteiger partial charge in [-0.1, -0.05) is 23.7 Å². The Balaban J connectivity index is 2.51. The van der Waals surface area contributed by atoms with Crippen molar-refractivity contribution in [2.24, 2.45) is 0 Å². The first kappa shape index (κ1) is 18.7. The van der Waals surface area contributed by atoms with Gasteiger partial charge in [0.1, 0.15) is 5.00 Å². The highest BCUT2D eigenvalue weighted by Gasteiger charge is 2.21. The van der Waals surface area contributed by atoms with Gasteiger partial charge in [0.05, 0.1) is 28.5 Å². The SMILES string of the molecule is CCOC(=N)c1c(NC(C)=O)sc2c(Cl)c(CNCCO)ccc12. The van der Waals surface area contributed by atoms with Crippen molar-refractivity contribution in [1.29, 1.82) is 5.41 Å². The molecule has 0 atom stereocenters. The maximum absolute atomic E-state index is 11.5. The van der Waals surface area contributed by atoms with E-state index in [9.17, 15) is 4.79 Å². The molecule has 6 nitrogen and oxygen atoms in total. The Bertz CT molecular complexity index is 761. The molecule has 1 heterocycles. The van der Waals surface area contributed by atoms with E-state index in [2.05, 4.69) is 10.6 Å². The minimum Gasteiger partial charge on any atom is -0.478 e. The van der Waals surface area contributed by atoms with Crippen molar-refractivity contribution in [3.05, 3.63) is 28.3 Å². The second-order valence-corrected chi connectivity index (χ2v) is 6.46. The highest BCUT2D eigenvalue weighted by Crippen LogP contribution is 2.41. The summed E-state index contributed by atoms with van der Waals surface area (Å²) in [4.78, 5) is 11.5. The lowest BCUT2D eigenvalue weighted by atomic mass is 10.1. The molecule has 0 saturated carbocycles. The fraction of sp³-hybridized carbons (Fsp3) is 0.375. The highest BCUT2D eigenvalue weighted by atomic mass is 35.5. The summed E-state index contributed by atoms with van der Waals surface area (Å²) in [5, 5.41) is 24.7. The fourth-order valence-electron chi connectivity index (χ4n) is 2.30. The third-order valence-corrected chi connectivity index (χ3v) is 4.97. The van der Waals surface area contributed by atoms with Crippen LogP contribution in [-0.2, 0) is 16.1 Å². The number of halogens is 1. The van der Waals surface area contributed by atoms with Gasteiger partial charge < -0.3 is 20.5 Å². The highest BCUT2D eigenvalue weighted by molar-refractivity contribution is 7.24. The number of benzene rings is 1. The van der Waals surface area contributed by atoms with Crippen LogP contribution in [0.25, 0.3) is 10.1 Å². The van der Waals surface area contributed by atoms with Gasteiger partial charge in [-0.2, -0.15) is 0 Å². The van der Waals surface area contributed by atoms with E-state index in [0.717, 1.165) is 15.6 Å². The molecule has 0 aliphatic carbocycles. The molecule has 2 rings (SSSR count). The molecule has 130 valence electrons. The lowest BCUT2D eigenvalue weighted by Crippen LogP contribution is -2.17. The summed E-state index contributed by atoms with van der Waals surface area (Å²) >= 11 is 7.83. The molecule has 0 fully saturated rings. The van der Waals surface area contributed by atoms with Crippen LogP contribution in [0.15, 0.2) is 12.1 Å². The van der Waals surface area contributed by atoms with Crippen LogP contribution in [0.2, 0.25) is 5.02 Å². The zero-order chi connectivity index (χ0) is 17.7. The number of aliphatic hydroxyl groups excluding tert-OH is 1. The number of carbonyl (C=O) groups excluding carboxylic acids is 1. The monoisotopic (exact) mass is 369 g/mol. The van der Waals surface area contributed by atoms with Gasteiger partial charge in [0, 0.05) is 25.4 Å². The first-order valence-electron chi connectivity index (χ1n) is 7.54. The summed E-state index contributed by atoms with van der Waals surface area (Å²) in [5.41, 5.74) is 1.44. The molecule has 0 radical (unpaired) electrons. The van der Waals surface area contributed by atoms with Crippen LogP contribution >= 0.6 is 22.9 Å². The number of thiophene rings is 1. The minimum absolute atomic E-state index is 0.00900. The number of fused-ring (bicyclic) bond motifs is 1. The van der Waals surface area contributed by atoms with Crippen molar-refractivity contribution < 1.29 is 14.6 Å². The minimum atomic E-state index is -0.215. The quantitative estimate of drug-likeness (QED) is 0.343. The third-order valence-electron chi connectivity index (χ3n) is 3.29. The van der Waals surface area contributed by atoms with Crippen molar-refractivity contribution in [2.45, 2.75) is 20.4 Å². The molecule has 0 saturated heterocycles. The Morgan fingerprint density at radius 1 is 1.46 bits per heavy atom. The smallest absolute Gasteiger partial charge is 0.221 e. The van der Waals surface area contributed by atoms with Crippen LogP contribution in [0.3, 0.4) is 0 Å². The maximum Gasteiger partial charge on any atom is 0.221 e. The lowest BCUT2D eigenvalue weighted by Gasteiger charge is -2.08. The Morgan fingerprint density at radius 2 is 2.21 bits per heavy atom. The largest absolute Gasteiger partial charge is 0.478 e. The van der Waals surface area contributed by atoms with Crippen LogP contribution in [-0.4, -0.2) is 36.7 Å². The van der Waals surface area contributed by atoms with E-state index in [4.69, 9.17) is 26.9 Å². The summed E-state index contributed by atoms with van der Waals surface area (Å²) < 4.78 is 6.12. The number of aliphatic hydroxyl groups is 1. The van der Waals surface area contributed by atoms with Crippen molar-refractivity contribution in [3.63, 3.8) is 0 Å². The first-order valence-corrected chi connectivity index (χ1v) is 8.73. The van der Waals surface area contributed by atoms with Crippen molar-refractivity contribution >= 4 is 49.8 Å². The molecule has 0 aliphatic rings. The predicted molar refractivity (Wildman–Crippen MR) is 98.4 cm³/mol. The van der Waals surface area contributed by atoms with Gasteiger partial charge in [0.15, 0.2) is 0 Å². The molecule has 0 spiro atoms. The van der Waals surface area contributed by atoms with Crippen LogP contribution < -0.4 is 10.6 Å². The van der Waals surface area contributed by atoms with Crippen molar-refractivity contribution in [2.75, 3.05) is 25.1 Å². The molecule has 1 aromatic heterocycles. The topological polar surface area (TPSA) is 94.4 Å². The Morgan fingerprint density at radius 3 is 2.83 bits per heavy atom. The molecule has 0 bridgehead atoms. The zero-order valence-electron chi connectivity index (χ0n) is 13.5. The molecule has 0 aliphatic heterocycles. The van der Waals surface area contributed by atoms with Gasteiger partial charge in [-0.05, 0) is 12.5 Å². The van der Waals surface area contributed by atoms with Gasteiger partial charge in [0.2, 0.25) is 11.8 Å². The molecule has 1 amide bonds. The summed E-state index contributed by atoms with van der Waals surface area (Å²) in [6.45, 7) is 4.66. The lowest BCUT2D eigenvalue weighted by molar-refractivity contribution is -0.114. The summed E-state index contributed by atoms with van der Waals surface area (Å²) in [6, 6.07) is 3.75. The van der Waals surface area contributed by atoms with Gasteiger partial charge in [-0.3, -0.25) is 10.2 Å². The van der Waals surface area contributed by atoms with Gasteiger partial charge in [0.25, 0.3) is 0 Å². The number of anilines is 1. The van der Waals surface area contributed by atoms with Crippen molar-refractivity contribution in [1.82, 2.24) is 5.32 Å². The first-order chi connectivity index (χ1) is 11.5. The van der Waals surface area contributed by atoms with E-state index in [0.29, 0.717) is 35.3 Å². The fourth-order valence-corrected chi connectivity index (χ4v) is 3.85. The molecular formula is C16H20ClN3O3S. The van der Waals surface area contributed by atoms with E-state index in [-0.39, 0.29) is 18.4 Å². The van der Waals surface area contributed by atoms with Gasteiger partial charge in [-0.25, -0.2) is 0 Å². The standard InChI is InChI=1S/C16H20ClN3O3S/c1-3-23-15(18)12-11-5-4-10(8-19-6-7-21)13(17)14(11)24-16(12)20-9(2)22/h4-5,18-19,21H,3,6-8H2,1-2H3,(H,20,22). The van der Waals surface area contributed by atoms with Gasteiger partial charge in [-0.15, -0.1) is 11.3 Å². The summed E-state index contributed by atoms with van der Waals surface area (Å²) in [6.07, 6.45) is 0. The molecule has 0 unspecified atom stereocenters. The Kier molecular flexibility index (Phi) is 6.56. The second-order valence-electron chi connectivity index (χ2n) is 5.07. The number of hydrogen-bond donors (Lipinski definition) is 4. The average Bonchev–Trinajstić information content (AvgIpc) is 2.88. The van der Waals surface area contributed by atoms with Crippen LogP contribution in [0.1, 0.15) is 25.0 Å². The predicted octanol–water partition coefficient (Wildman–Crippen LogP) is 2.96. The van der Waals surface area contributed by atoms with E-state index in [1.54, 1.807) is 6.92 Å². The third kappa shape index (κ3) is 4.05. The molecule has 2 aromatic rings. The number of rotatable bonds is 7. The van der Waals surface area contributed by atoms with Crippen LogP contribution in [0.4, 0.5) is 5.00 Å². The Labute approximate surface area is 149 Å².